The summed E-state index contributed by atoms with van der Waals surface area (Å²) < 4.78 is 6.42. The van der Waals surface area contributed by atoms with Gasteiger partial charge in [0, 0.05) is 41.3 Å². The number of fused-ring (bicyclic) bond motifs is 1. The first-order valence-electron chi connectivity index (χ1n) is 7.15. The Hall–Kier alpha value is -2.51. The average molecular weight is 353 g/mol. The predicted octanol–water partition coefficient (Wildman–Crippen LogP) is 3.69. The molecule has 1 N–H and O–H groups in total. The number of hydrogen-bond acceptors (Lipinski definition) is 6. The van der Waals surface area contributed by atoms with Gasteiger partial charge in [0.1, 0.15) is 15.7 Å². The molecule has 7 heteroatoms. The van der Waals surface area contributed by atoms with Gasteiger partial charge >= 0.3 is 0 Å². The number of amides is 1. The molecule has 24 heavy (non-hydrogen) atoms. The van der Waals surface area contributed by atoms with Crippen LogP contribution < -0.4 is 5.32 Å². The van der Waals surface area contributed by atoms with E-state index in [0.717, 1.165) is 27.8 Å². The first kappa shape index (κ1) is 15.0. The van der Waals surface area contributed by atoms with Crippen molar-refractivity contribution in [1.82, 2.24) is 15.3 Å². The number of aromatic nitrogens is 2. The number of aryl methyl sites for hydroxylation is 1. The molecule has 4 heterocycles. The van der Waals surface area contributed by atoms with Crippen molar-refractivity contribution in [2.45, 2.75) is 6.92 Å². The van der Waals surface area contributed by atoms with Crippen LogP contribution in [-0.2, 0) is 4.79 Å². The van der Waals surface area contributed by atoms with Crippen molar-refractivity contribution in [3.05, 3.63) is 53.1 Å². The van der Waals surface area contributed by atoms with Gasteiger partial charge in [0.2, 0.25) is 0 Å². The van der Waals surface area contributed by atoms with Crippen LogP contribution in [0, 0.1) is 6.92 Å². The zero-order valence-electron chi connectivity index (χ0n) is 12.6. The Morgan fingerprint density at radius 3 is 2.96 bits per heavy atom. The lowest BCUT2D eigenvalue weighted by Gasteiger charge is -2.02. The fourth-order valence-electron chi connectivity index (χ4n) is 2.52. The SMILES string of the molecule is Cc1cc(-c2cncc3cc(/C=C4/SC(=S)NC4=O)oc23)ccn1. The Kier molecular flexibility index (Phi) is 3.66. The van der Waals surface area contributed by atoms with E-state index < -0.39 is 0 Å². The zero-order valence-corrected chi connectivity index (χ0v) is 14.2. The van der Waals surface area contributed by atoms with Gasteiger partial charge in [-0.3, -0.25) is 14.8 Å². The molecule has 0 saturated carbocycles. The van der Waals surface area contributed by atoms with Gasteiger partial charge in [-0.1, -0.05) is 24.0 Å². The number of pyridine rings is 2. The molecule has 0 unspecified atom stereocenters. The first-order chi connectivity index (χ1) is 11.6. The van der Waals surface area contributed by atoms with Crippen molar-refractivity contribution in [2.24, 2.45) is 0 Å². The highest BCUT2D eigenvalue weighted by molar-refractivity contribution is 8.26. The number of thioether (sulfide) groups is 1. The van der Waals surface area contributed by atoms with Crippen LogP contribution in [0.25, 0.3) is 28.2 Å². The summed E-state index contributed by atoms with van der Waals surface area (Å²) in [5.74, 6) is 0.390. The summed E-state index contributed by atoms with van der Waals surface area (Å²) in [6.45, 7) is 1.94. The summed E-state index contributed by atoms with van der Waals surface area (Å²) >= 11 is 6.22. The second-order valence-corrected chi connectivity index (χ2v) is 7.01. The zero-order chi connectivity index (χ0) is 16.7. The largest absolute Gasteiger partial charge is 0.456 e. The molecule has 0 radical (unpaired) electrons. The molecule has 1 fully saturated rings. The number of nitrogens with zero attached hydrogens (tertiary/aromatic N) is 2. The maximum absolute atomic E-state index is 11.8. The summed E-state index contributed by atoms with van der Waals surface area (Å²) in [5, 5.41) is 3.47. The topological polar surface area (TPSA) is 68.0 Å². The third-order valence-corrected chi connectivity index (χ3v) is 4.73. The normalized spacial score (nSPS) is 16.1. The quantitative estimate of drug-likeness (QED) is 0.560. The van der Waals surface area contributed by atoms with Gasteiger partial charge in [-0.05, 0) is 30.7 Å². The number of hydrogen-bond donors (Lipinski definition) is 1. The molecular formula is C17H11N3O2S2. The van der Waals surface area contributed by atoms with Crippen molar-refractivity contribution in [1.29, 1.82) is 0 Å². The van der Waals surface area contributed by atoms with Gasteiger partial charge < -0.3 is 9.73 Å². The summed E-state index contributed by atoms with van der Waals surface area (Å²) in [6.07, 6.45) is 6.96. The highest BCUT2D eigenvalue weighted by atomic mass is 32.2. The minimum atomic E-state index is -0.200. The maximum atomic E-state index is 11.8. The number of thiocarbonyl (C=S) groups is 1. The van der Waals surface area contributed by atoms with Gasteiger partial charge in [0.25, 0.3) is 5.91 Å². The highest BCUT2D eigenvalue weighted by Gasteiger charge is 2.22. The molecule has 0 bridgehead atoms. The molecule has 0 spiro atoms. The fourth-order valence-corrected chi connectivity index (χ4v) is 3.55. The van der Waals surface area contributed by atoms with Crippen molar-refractivity contribution in [3.8, 4) is 11.1 Å². The van der Waals surface area contributed by atoms with Crippen LogP contribution in [0.2, 0.25) is 0 Å². The van der Waals surface area contributed by atoms with E-state index in [0.29, 0.717) is 15.0 Å². The van der Waals surface area contributed by atoms with Crippen LogP contribution in [0.15, 0.2) is 46.1 Å². The predicted molar refractivity (Wildman–Crippen MR) is 98.3 cm³/mol. The molecule has 0 aromatic carbocycles. The Balaban J connectivity index is 1.82. The standard InChI is InChI=1S/C17H11N3O2S2/c1-9-4-10(2-3-19-9)13-8-18-7-11-5-12(22-15(11)13)6-14-16(21)20-17(23)24-14/h2-8H,1H3,(H,20,21,23)/b14-6+. The van der Waals surface area contributed by atoms with E-state index in [1.54, 1.807) is 24.7 Å². The molecule has 0 aliphatic carbocycles. The fraction of sp³-hybridized carbons (Fsp3) is 0.0588. The molecule has 1 amide bonds. The second kappa shape index (κ2) is 5.85. The lowest BCUT2D eigenvalue weighted by atomic mass is 10.1. The molecule has 1 aliphatic heterocycles. The van der Waals surface area contributed by atoms with Crippen molar-refractivity contribution in [3.63, 3.8) is 0 Å². The van der Waals surface area contributed by atoms with Gasteiger partial charge in [-0.15, -0.1) is 0 Å². The Labute approximate surface area is 147 Å². The molecule has 1 saturated heterocycles. The monoisotopic (exact) mass is 353 g/mol. The van der Waals surface area contributed by atoms with Crippen LogP contribution in [0.3, 0.4) is 0 Å². The van der Waals surface area contributed by atoms with E-state index in [4.69, 9.17) is 16.6 Å². The third kappa shape index (κ3) is 2.72. The first-order valence-corrected chi connectivity index (χ1v) is 8.38. The Morgan fingerprint density at radius 1 is 1.33 bits per heavy atom. The smallest absolute Gasteiger partial charge is 0.263 e. The highest BCUT2D eigenvalue weighted by Crippen LogP contribution is 2.32. The van der Waals surface area contributed by atoms with Gasteiger partial charge in [-0.2, -0.15) is 0 Å². The second-order valence-electron chi connectivity index (χ2n) is 5.29. The number of furan rings is 1. The molecule has 5 nitrogen and oxygen atoms in total. The molecule has 1 aliphatic rings. The number of carbonyl (C=O) groups excluding carboxylic acids is 1. The van der Waals surface area contributed by atoms with E-state index in [1.807, 2.05) is 25.1 Å². The number of nitrogens with one attached hydrogen (secondary N) is 1. The molecule has 3 aromatic heterocycles. The van der Waals surface area contributed by atoms with Crippen LogP contribution in [0.5, 0.6) is 0 Å². The Morgan fingerprint density at radius 2 is 2.21 bits per heavy atom. The van der Waals surface area contributed by atoms with Crippen molar-refractivity contribution in [2.75, 3.05) is 0 Å². The van der Waals surface area contributed by atoms with Gasteiger partial charge in [0.05, 0.1) is 4.91 Å². The van der Waals surface area contributed by atoms with E-state index in [9.17, 15) is 4.79 Å². The molecule has 118 valence electrons. The molecule has 4 rings (SSSR count). The minimum Gasteiger partial charge on any atom is -0.456 e. The van der Waals surface area contributed by atoms with Crippen LogP contribution >= 0.6 is 24.0 Å². The minimum absolute atomic E-state index is 0.200. The van der Waals surface area contributed by atoms with Gasteiger partial charge in [0.15, 0.2) is 0 Å². The lowest BCUT2D eigenvalue weighted by Crippen LogP contribution is -2.17. The molecule has 0 atom stereocenters. The Bertz CT molecular complexity index is 1020. The molecular weight excluding hydrogens is 342 g/mol. The van der Waals surface area contributed by atoms with E-state index >= 15 is 0 Å². The van der Waals surface area contributed by atoms with E-state index in [1.165, 1.54) is 11.8 Å². The van der Waals surface area contributed by atoms with Gasteiger partial charge in [-0.25, -0.2) is 0 Å². The summed E-state index contributed by atoms with van der Waals surface area (Å²) in [5.41, 5.74) is 3.53. The number of rotatable bonds is 2. The van der Waals surface area contributed by atoms with Crippen molar-refractivity contribution < 1.29 is 9.21 Å². The van der Waals surface area contributed by atoms with Crippen LogP contribution in [-0.4, -0.2) is 20.2 Å². The summed E-state index contributed by atoms with van der Waals surface area (Å²) in [6, 6.07) is 5.76. The van der Waals surface area contributed by atoms with E-state index in [2.05, 4.69) is 15.3 Å². The maximum Gasteiger partial charge on any atom is 0.263 e. The number of carbonyl (C=O) groups is 1. The summed E-state index contributed by atoms with van der Waals surface area (Å²) in [7, 11) is 0. The average Bonchev–Trinajstić information content (AvgIpc) is 3.09. The third-order valence-electron chi connectivity index (χ3n) is 3.56. The van der Waals surface area contributed by atoms with E-state index in [-0.39, 0.29) is 5.91 Å². The summed E-state index contributed by atoms with van der Waals surface area (Å²) in [4.78, 5) is 20.8. The molecule has 3 aromatic rings. The van der Waals surface area contributed by atoms with Crippen LogP contribution in [0.1, 0.15) is 11.5 Å². The lowest BCUT2D eigenvalue weighted by molar-refractivity contribution is -0.115. The van der Waals surface area contributed by atoms with Crippen LogP contribution in [0.4, 0.5) is 0 Å². The van der Waals surface area contributed by atoms with Crippen molar-refractivity contribution >= 4 is 51.3 Å².